The molecule has 2 aromatic rings. The van der Waals surface area contributed by atoms with Gasteiger partial charge in [-0.25, -0.2) is 4.39 Å². The van der Waals surface area contributed by atoms with Gasteiger partial charge in [0.1, 0.15) is 5.82 Å². The van der Waals surface area contributed by atoms with Crippen LogP contribution in [0.5, 0.6) is 0 Å². The molecule has 0 amide bonds. The lowest BCUT2D eigenvalue weighted by Gasteiger charge is -2.37. The lowest BCUT2D eigenvalue weighted by atomic mass is 9.77. The highest BCUT2D eigenvalue weighted by atomic mass is 35.5. The van der Waals surface area contributed by atoms with Gasteiger partial charge in [0.05, 0.1) is 11.0 Å². The molecule has 6 heteroatoms. The summed E-state index contributed by atoms with van der Waals surface area (Å²) in [6.45, 7) is 0. The van der Waals surface area contributed by atoms with Crippen LogP contribution < -0.4 is 5.32 Å². The largest absolute Gasteiger partial charge is 0.378 e. The smallest absolute Gasteiger partial charge is 0.269 e. The van der Waals surface area contributed by atoms with Crippen LogP contribution in [0, 0.1) is 21.8 Å². The third kappa shape index (κ3) is 2.36. The van der Waals surface area contributed by atoms with E-state index in [1.807, 2.05) is 0 Å². The Balaban J connectivity index is 1.81. The molecule has 24 heavy (non-hydrogen) atoms. The molecular formula is C18H14ClFN2O2. The Morgan fingerprint density at radius 1 is 1.21 bits per heavy atom. The molecule has 4 nitrogen and oxygen atoms in total. The normalized spacial score (nSPS) is 24.2. The SMILES string of the molecule is O=[N+]([O-])c1ccc(Cl)c([C@@H]2Nc3ccc(F)cc3[C@@H]3C=CC[C@@H]32)c1. The molecule has 0 unspecified atom stereocenters. The van der Waals surface area contributed by atoms with Crippen molar-refractivity contribution in [2.24, 2.45) is 5.92 Å². The first-order valence-corrected chi connectivity index (χ1v) is 8.09. The highest BCUT2D eigenvalue weighted by Crippen LogP contribution is 2.51. The number of hydrogen-bond acceptors (Lipinski definition) is 3. The summed E-state index contributed by atoms with van der Waals surface area (Å²) < 4.78 is 13.6. The molecule has 0 fully saturated rings. The molecule has 1 aliphatic carbocycles. The van der Waals surface area contributed by atoms with Gasteiger partial charge in [-0.1, -0.05) is 23.8 Å². The van der Waals surface area contributed by atoms with Gasteiger partial charge in [0.15, 0.2) is 0 Å². The van der Waals surface area contributed by atoms with E-state index in [1.165, 1.54) is 18.2 Å². The van der Waals surface area contributed by atoms with E-state index >= 15 is 0 Å². The van der Waals surface area contributed by atoms with E-state index < -0.39 is 4.92 Å². The average molecular weight is 345 g/mol. The van der Waals surface area contributed by atoms with Crippen molar-refractivity contribution in [3.05, 3.63) is 80.6 Å². The highest BCUT2D eigenvalue weighted by molar-refractivity contribution is 6.31. The Morgan fingerprint density at radius 2 is 2.04 bits per heavy atom. The molecule has 1 heterocycles. The molecule has 0 bridgehead atoms. The molecule has 0 radical (unpaired) electrons. The molecule has 2 aromatic carbocycles. The fourth-order valence-corrected chi connectivity index (χ4v) is 3.99. The van der Waals surface area contributed by atoms with Crippen LogP contribution in [0.1, 0.15) is 29.5 Å². The third-order valence-electron chi connectivity index (χ3n) is 4.85. The lowest BCUT2D eigenvalue weighted by molar-refractivity contribution is -0.384. The minimum atomic E-state index is -0.420. The van der Waals surface area contributed by atoms with Gasteiger partial charge in [-0.3, -0.25) is 10.1 Å². The highest BCUT2D eigenvalue weighted by Gasteiger charge is 2.39. The van der Waals surface area contributed by atoms with Crippen LogP contribution in [-0.2, 0) is 0 Å². The Kier molecular flexibility index (Phi) is 3.53. The van der Waals surface area contributed by atoms with Crippen LogP contribution in [0.3, 0.4) is 0 Å². The van der Waals surface area contributed by atoms with Gasteiger partial charge in [-0.05, 0) is 42.2 Å². The van der Waals surface area contributed by atoms with Gasteiger partial charge >= 0.3 is 0 Å². The Morgan fingerprint density at radius 3 is 2.83 bits per heavy atom. The predicted molar refractivity (Wildman–Crippen MR) is 90.9 cm³/mol. The lowest BCUT2D eigenvalue weighted by Crippen LogP contribution is -2.29. The van der Waals surface area contributed by atoms with E-state index in [1.54, 1.807) is 18.2 Å². The van der Waals surface area contributed by atoms with E-state index in [9.17, 15) is 14.5 Å². The van der Waals surface area contributed by atoms with Gasteiger partial charge in [0.25, 0.3) is 5.69 Å². The summed E-state index contributed by atoms with van der Waals surface area (Å²) in [5.41, 5.74) is 2.49. The molecule has 3 atom stereocenters. The molecule has 4 rings (SSSR count). The maximum absolute atomic E-state index is 13.6. The first kappa shape index (κ1) is 15.1. The molecule has 0 aromatic heterocycles. The number of benzene rings is 2. The molecular weight excluding hydrogens is 331 g/mol. The van der Waals surface area contributed by atoms with Crippen molar-refractivity contribution >= 4 is 23.0 Å². The number of fused-ring (bicyclic) bond motifs is 3. The first-order valence-electron chi connectivity index (χ1n) is 7.71. The van der Waals surface area contributed by atoms with Crippen molar-refractivity contribution in [1.82, 2.24) is 0 Å². The van der Waals surface area contributed by atoms with Gasteiger partial charge in [0, 0.05) is 34.3 Å². The van der Waals surface area contributed by atoms with Crippen molar-refractivity contribution in [3.8, 4) is 0 Å². The molecule has 0 saturated heterocycles. The Hall–Kier alpha value is -2.40. The van der Waals surface area contributed by atoms with Crippen LogP contribution in [-0.4, -0.2) is 4.92 Å². The van der Waals surface area contributed by atoms with Crippen LogP contribution in [0.4, 0.5) is 15.8 Å². The number of nitro groups is 1. The van der Waals surface area contributed by atoms with E-state index in [0.29, 0.717) is 10.6 Å². The number of non-ortho nitro benzene ring substituents is 1. The number of anilines is 1. The summed E-state index contributed by atoms with van der Waals surface area (Å²) in [7, 11) is 0. The van der Waals surface area contributed by atoms with Crippen LogP contribution in [0.25, 0.3) is 0 Å². The van der Waals surface area contributed by atoms with Crippen molar-refractivity contribution < 1.29 is 9.31 Å². The number of halogens is 2. The fourth-order valence-electron chi connectivity index (χ4n) is 3.76. The summed E-state index contributed by atoms with van der Waals surface area (Å²) in [5.74, 6) is -0.0301. The molecule has 1 N–H and O–H groups in total. The number of rotatable bonds is 2. The maximum atomic E-state index is 13.6. The summed E-state index contributed by atoms with van der Waals surface area (Å²) in [5, 5.41) is 15.0. The number of nitrogens with one attached hydrogen (secondary N) is 1. The summed E-state index contributed by atoms with van der Waals surface area (Å²) in [6, 6.07) is 9.03. The van der Waals surface area contributed by atoms with Gasteiger partial charge in [-0.2, -0.15) is 0 Å². The maximum Gasteiger partial charge on any atom is 0.269 e. The molecule has 122 valence electrons. The third-order valence-corrected chi connectivity index (χ3v) is 5.19. The molecule has 0 spiro atoms. The van der Waals surface area contributed by atoms with Crippen molar-refractivity contribution in [1.29, 1.82) is 0 Å². The second kappa shape index (κ2) is 5.60. The van der Waals surface area contributed by atoms with E-state index in [0.717, 1.165) is 17.7 Å². The van der Waals surface area contributed by atoms with E-state index in [-0.39, 0.29) is 29.4 Å². The van der Waals surface area contributed by atoms with Crippen molar-refractivity contribution in [3.63, 3.8) is 0 Å². The standard InChI is InChI=1S/C18H14ClFN2O2/c19-16-6-5-11(22(23)24)9-15(16)18-13-3-1-2-12(13)14-8-10(20)4-7-17(14)21-18/h1-2,4-9,12-13,18,21H,3H2/t12-,13+,18-/m1/s1. The van der Waals surface area contributed by atoms with Crippen molar-refractivity contribution in [2.45, 2.75) is 18.4 Å². The number of allylic oxidation sites excluding steroid dienone is 2. The minimum absolute atomic E-state index is 0.0172. The second-order valence-corrected chi connectivity index (χ2v) is 6.58. The molecule has 2 aliphatic rings. The van der Waals surface area contributed by atoms with E-state index in [2.05, 4.69) is 17.5 Å². The predicted octanol–water partition coefficient (Wildman–Crippen LogP) is 5.21. The van der Waals surface area contributed by atoms with Gasteiger partial charge in [0.2, 0.25) is 0 Å². The number of hydrogen-bond donors (Lipinski definition) is 1. The van der Waals surface area contributed by atoms with Crippen LogP contribution in [0.2, 0.25) is 5.02 Å². The Bertz CT molecular complexity index is 868. The average Bonchev–Trinajstić information content (AvgIpc) is 3.04. The molecule has 1 aliphatic heterocycles. The summed E-state index contributed by atoms with van der Waals surface area (Å²) in [4.78, 5) is 10.7. The topological polar surface area (TPSA) is 55.2 Å². The fraction of sp³-hybridized carbons (Fsp3) is 0.222. The van der Waals surface area contributed by atoms with Crippen LogP contribution >= 0.6 is 11.6 Å². The summed E-state index contributed by atoms with van der Waals surface area (Å²) in [6.07, 6.45) is 4.98. The second-order valence-electron chi connectivity index (χ2n) is 6.17. The zero-order valence-corrected chi connectivity index (χ0v) is 13.3. The van der Waals surface area contributed by atoms with Crippen LogP contribution in [0.15, 0.2) is 48.6 Å². The van der Waals surface area contributed by atoms with Gasteiger partial charge in [-0.15, -0.1) is 0 Å². The monoisotopic (exact) mass is 344 g/mol. The zero-order chi connectivity index (χ0) is 16.8. The zero-order valence-electron chi connectivity index (χ0n) is 12.6. The minimum Gasteiger partial charge on any atom is -0.378 e. The van der Waals surface area contributed by atoms with Crippen molar-refractivity contribution in [2.75, 3.05) is 5.32 Å². The van der Waals surface area contributed by atoms with E-state index in [4.69, 9.17) is 11.6 Å². The number of nitro benzene ring substituents is 1. The van der Waals surface area contributed by atoms with Gasteiger partial charge < -0.3 is 5.32 Å². The summed E-state index contributed by atoms with van der Waals surface area (Å²) >= 11 is 6.33. The first-order chi connectivity index (χ1) is 11.5. The Labute approximate surface area is 143 Å². The number of nitrogens with zero attached hydrogens (tertiary/aromatic N) is 1. The quantitative estimate of drug-likeness (QED) is 0.462. The molecule has 0 saturated carbocycles.